The number of carbonyl (C=O) groups is 1. The van der Waals surface area contributed by atoms with Gasteiger partial charge in [0.05, 0.1) is 5.69 Å². The number of carbonyl (C=O) groups excluding carboxylic acids is 1. The molecule has 1 spiro atoms. The minimum absolute atomic E-state index is 0.161. The molecule has 3 heterocycles. The Kier molecular flexibility index (Phi) is 5.24. The number of ether oxygens (including phenoxy) is 1. The van der Waals surface area contributed by atoms with E-state index in [0.717, 1.165) is 36.3 Å². The van der Waals surface area contributed by atoms with Gasteiger partial charge in [-0.15, -0.1) is 0 Å². The van der Waals surface area contributed by atoms with Crippen LogP contribution in [0.4, 0.5) is 0 Å². The molecule has 0 saturated heterocycles. The average molecular weight is 450 g/mol. The van der Waals surface area contributed by atoms with E-state index >= 15 is 0 Å². The topological polar surface area (TPSA) is 124 Å². The maximum absolute atomic E-state index is 13.0. The van der Waals surface area contributed by atoms with Crippen LogP contribution in [0.5, 0.6) is 5.75 Å². The Labute approximate surface area is 190 Å². The average Bonchev–Trinajstić information content (AvgIpc) is 2.99. The van der Waals surface area contributed by atoms with E-state index in [1.54, 1.807) is 4.68 Å². The molecular formula is C23H26N6O4. The predicted molar refractivity (Wildman–Crippen MR) is 118 cm³/mol. The van der Waals surface area contributed by atoms with E-state index in [9.17, 15) is 14.7 Å². The number of nitrogens with zero attached hydrogens (tertiary/aromatic N) is 5. The summed E-state index contributed by atoms with van der Waals surface area (Å²) in [5.74, 6) is 0.568. The molecule has 3 aromatic rings. The van der Waals surface area contributed by atoms with E-state index in [2.05, 4.69) is 20.4 Å². The van der Waals surface area contributed by atoms with Gasteiger partial charge in [-0.2, -0.15) is 5.10 Å². The van der Waals surface area contributed by atoms with Gasteiger partial charge in [0, 0.05) is 19.7 Å². The summed E-state index contributed by atoms with van der Waals surface area (Å²) in [4.78, 5) is 34.7. The lowest BCUT2D eigenvalue weighted by atomic mass is 9.79. The van der Waals surface area contributed by atoms with Crippen molar-refractivity contribution in [2.75, 3.05) is 6.61 Å². The first-order valence-corrected chi connectivity index (χ1v) is 11.1. The molecule has 0 unspecified atom stereocenters. The van der Waals surface area contributed by atoms with Gasteiger partial charge in [-0.3, -0.25) is 14.2 Å². The number of aryl methyl sites for hydroxylation is 2. The van der Waals surface area contributed by atoms with E-state index in [1.807, 2.05) is 38.1 Å². The summed E-state index contributed by atoms with van der Waals surface area (Å²) in [6, 6.07) is 7.52. The van der Waals surface area contributed by atoms with E-state index in [0.29, 0.717) is 31.2 Å². The molecule has 5 rings (SSSR count). The molecule has 2 aromatic heterocycles. The van der Waals surface area contributed by atoms with Crippen molar-refractivity contribution in [3.8, 4) is 11.4 Å². The van der Waals surface area contributed by atoms with Crippen LogP contribution in [0.2, 0.25) is 0 Å². The maximum Gasteiger partial charge on any atom is 0.296 e. The molecule has 1 saturated carbocycles. The normalized spacial score (nSPS) is 16.7. The summed E-state index contributed by atoms with van der Waals surface area (Å²) in [7, 11) is 0. The fraction of sp³-hybridized carbons (Fsp3) is 0.435. The van der Waals surface area contributed by atoms with Gasteiger partial charge in [-0.1, -0.05) is 18.2 Å². The van der Waals surface area contributed by atoms with Crippen LogP contribution in [-0.2, 0) is 23.4 Å². The lowest BCUT2D eigenvalue weighted by Gasteiger charge is -2.40. The van der Waals surface area contributed by atoms with Crippen LogP contribution < -0.4 is 10.9 Å². The summed E-state index contributed by atoms with van der Waals surface area (Å²) in [5, 5.41) is 17.7. The third-order valence-corrected chi connectivity index (χ3v) is 6.37. The van der Waals surface area contributed by atoms with Crippen LogP contribution in [0.15, 0.2) is 29.1 Å². The first-order valence-electron chi connectivity index (χ1n) is 11.1. The Hall–Kier alpha value is -3.53. The van der Waals surface area contributed by atoms with E-state index < -0.39 is 22.8 Å². The zero-order valence-electron chi connectivity index (χ0n) is 18.7. The van der Waals surface area contributed by atoms with Crippen LogP contribution >= 0.6 is 0 Å². The number of nitrogens with one attached hydrogen (secondary N) is 1. The molecule has 1 fully saturated rings. The Balaban J connectivity index is 1.45. The molecule has 2 N–H and O–H groups in total. The van der Waals surface area contributed by atoms with Crippen molar-refractivity contribution in [1.29, 1.82) is 0 Å². The lowest BCUT2D eigenvalue weighted by Crippen LogP contribution is -2.43. The summed E-state index contributed by atoms with van der Waals surface area (Å²) < 4.78 is 9.22. The molecule has 172 valence electrons. The summed E-state index contributed by atoms with van der Waals surface area (Å²) >= 11 is 0. The first-order chi connectivity index (χ1) is 15.9. The number of benzene rings is 1. The number of para-hydroxylation sites is 1. The van der Waals surface area contributed by atoms with Gasteiger partial charge in [0.15, 0.2) is 5.69 Å². The van der Waals surface area contributed by atoms with Crippen LogP contribution in [0.1, 0.15) is 59.2 Å². The van der Waals surface area contributed by atoms with Crippen molar-refractivity contribution in [2.45, 2.75) is 58.2 Å². The van der Waals surface area contributed by atoms with Crippen molar-refractivity contribution in [1.82, 2.24) is 29.6 Å². The van der Waals surface area contributed by atoms with E-state index in [4.69, 9.17) is 4.74 Å². The molecule has 10 nitrogen and oxygen atoms in total. The van der Waals surface area contributed by atoms with Gasteiger partial charge in [0.2, 0.25) is 5.75 Å². The van der Waals surface area contributed by atoms with Crippen molar-refractivity contribution in [2.24, 2.45) is 0 Å². The van der Waals surface area contributed by atoms with Crippen LogP contribution in [0.3, 0.4) is 0 Å². The molecule has 1 aliphatic heterocycles. The Morgan fingerprint density at radius 2 is 2.00 bits per heavy atom. The second kappa shape index (κ2) is 8.11. The molecular weight excluding hydrogens is 424 g/mol. The highest BCUT2D eigenvalue weighted by Crippen LogP contribution is 2.45. The quantitative estimate of drug-likeness (QED) is 0.622. The van der Waals surface area contributed by atoms with Crippen molar-refractivity contribution in [3.63, 3.8) is 0 Å². The van der Waals surface area contributed by atoms with Crippen LogP contribution in [0, 0.1) is 13.8 Å². The number of amides is 1. The standard InChI is InChI=1S/C23H26N6O4/c1-14-25-15(2)29(27-14)17-8-4-3-7-16(17)13-24-20(31)18-19(30)21(32)28-11-6-12-33-23(9-5-10-23)22(28)26-18/h3-4,7-8,30H,5-6,9-13H2,1-2H3,(H,24,31). The predicted octanol–water partition coefficient (Wildman–Crippen LogP) is 1.88. The molecule has 0 radical (unpaired) electrons. The van der Waals surface area contributed by atoms with Gasteiger partial charge in [0.25, 0.3) is 11.5 Å². The third kappa shape index (κ3) is 3.60. The van der Waals surface area contributed by atoms with Gasteiger partial charge >= 0.3 is 0 Å². The molecule has 33 heavy (non-hydrogen) atoms. The van der Waals surface area contributed by atoms with E-state index in [1.165, 1.54) is 4.57 Å². The lowest BCUT2D eigenvalue weighted by molar-refractivity contribution is -0.108. The highest BCUT2D eigenvalue weighted by molar-refractivity contribution is 5.94. The number of fused-ring (bicyclic) bond motifs is 2. The first kappa shape index (κ1) is 21.3. The fourth-order valence-electron chi connectivity index (χ4n) is 4.55. The van der Waals surface area contributed by atoms with Gasteiger partial charge in [0.1, 0.15) is 23.1 Å². The minimum atomic E-state index is -0.645. The molecule has 1 aliphatic carbocycles. The zero-order chi connectivity index (χ0) is 23.2. The summed E-state index contributed by atoms with van der Waals surface area (Å²) in [6.07, 6.45) is 3.11. The molecule has 2 aliphatic rings. The zero-order valence-corrected chi connectivity index (χ0v) is 18.7. The molecule has 1 aromatic carbocycles. The number of aromatic hydroxyl groups is 1. The highest BCUT2D eigenvalue weighted by Gasteiger charge is 2.45. The maximum atomic E-state index is 13.0. The van der Waals surface area contributed by atoms with Crippen LogP contribution in [-0.4, -0.2) is 41.9 Å². The smallest absolute Gasteiger partial charge is 0.296 e. The number of hydrogen-bond donors (Lipinski definition) is 2. The second-order valence-corrected chi connectivity index (χ2v) is 8.57. The fourth-order valence-corrected chi connectivity index (χ4v) is 4.55. The summed E-state index contributed by atoms with van der Waals surface area (Å²) in [5.41, 5.74) is 0.0813. The highest BCUT2D eigenvalue weighted by atomic mass is 16.5. The Morgan fingerprint density at radius 1 is 1.21 bits per heavy atom. The number of aromatic nitrogens is 5. The molecule has 0 atom stereocenters. The molecule has 1 amide bonds. The molecule has 10 heteroatoms. The molecule has 0 bridgehead atoms. The van der Waals surface area contributed by atoms with E-state index in [-0.39, 0.29) is 12.2 Å². The Bertz CT molecular complexity index is 1290. The van der Waals surface area contributed by atoms with Crippen LogP contribution in [0.25, 0.3) is 5.69 Å². The van der Waals surface area contributed by atoms with Crippen molar-refractivity contribution in [3.05, 3.63) is 63.3 Å². The number of rotatable bonds is 4. The van der Waals surface area contributed by atoms with Gasteiger partial charge in [-0.05, 0) is 51.2 Å². The SMILES string of the molecule is Cc1nc(C)n(-c2ccccc2CNC(=O)c2nc3n(c(=O)c2O)CCCOC32CCC2)n1. The van der Waals surface area contributed by atoms with Crippen molar-refractivity contribution < 1.29 is 14.6 Å². The largest absolute Gasteiger partial charge is 0.501 e. The second-order valence-electron chi connectivity index (χ2n) is 8.57. The third-order valence-electron chi connectivity index (χ3n) is 6.37. The van der Waals surface area contributed by atoms with Gasteiger partial charge < -0.3 is 15.2 Å². The minimum Gasteiger partial charge on any atom is -0.501 e. The monoisotopic (exact) mass is 450 g/mol. The summed E-state index contributed by atoms with van der Waals surface area (Å²) in [6.45, 7) is 4.76. The van der Waals surface area contributed by atoms with Gasteiger partial charge in [-0.25, -0.2) is 14.6 Å². The number of hydrogen-bond acceptors (Lipinski definition) is 7. The van der Waals surface area contributed by atoms with Crippen molar-refractivity contribution >= 4 is 5.91 Å². The Morgan fingerprint density at radius 3 is 2.70 bits per heavy atom.